The molecule has 0 bridgehead atoms. The van der Waals surface area contributed by atoms with Gasteiger partial charge in [-0.3, -0.25) is 4.79 Å². The lowest BCUT2D eigenvalue weighted by Gasteiger charge is -2.23. The number of ketones is 1. The van der Waals surface area contributed by atoms with Gasteiger partial charge in [0.2, 0.25) is 0 Å². The van der Waals surface area contributed by atoms with E-state index < -0.39 is 5.60 Å². The Morgan fingerprint density at radius 2 is 1.63 bits per heavy atom. The number of aliphatic hydroxyl groups is 1. The Balaban J connectivity index is 0. The fourth-order valence-electron chi connectivity index (χ4n) is 1.68. The van der Waals surface area contributed by atoms with Crippen LogP contribution < -0.4 is 0 Å². The van der Waals surface area contributed by atoms with Gasteiger partial charge in [0.15, 0.2) is 5.78 Å². The molecule has 0 saturated carbocycles. The van der Waals surface area contributed by atoms with Gasteiger partial charge in [0.25, 0.3) is 0 Å². The molecule has 1 unspecified atom stereocenters. The van der Waals surface area contributed by atoms with E-state index >= 15 is 0 Å². The molecule has 1 N–H and O–H groups in total. The van der Waals surface area contributed by atoms with Gasteiger partial charge < -0.3 is 5.11 Å². The van der Waals surface area contributed by atoms with Crippen molar-refractivity contribution in [2.24, 2.45) is 0 Å². The number of rotatable bonds is 10. The summed E-state index contributed by atoms with van der Waals surface area (Å²) in [6.07, 6.45) is 11.5. The first-order valence-electron chi connectivity index (χ1n) is 7.06. The molecule has 0 aliphatic carbocycles. The largest absolute Gasteiger partial charge is 0.382 e. The minimum Gasteiger partial charge on any atom is -0.382 e. The number of carbonyl (C=O) groups excluding carboxylic acids is 1. The number of unbranched alkanes of at least 4 members (excludes halogenated alkanes) is 4. The maximum Gasteiger partial charge on any atom is 0.161 e. The van der Waals surface area contributed by atoms with E-state index in [2.05, 4.69) is 26.7 Å². The number of Topliss-reactive ketones (excluding diaryl/α,β-unsaturated/α-hetero) is 1. The third-order valence-electron chi connectivity index (χ3n) is 3.00. The lowest BCUT2D eigenvalue weighted by atomic mass is 9.89. The Morgan fingerprint density at radius 1 is 1.11 bits per heavy atom. The van der Waals surface area contributed by atoms with Gasteiger partial charge in [0.1, 0.15) is 5.60 Å². The lowest BCUT2D eigenvalue weighted by molar-refractivity contribution is -0.135. The van der Waals surface area contributed by atoms with E-state index in [0.29, 0.717) is 12.8 Å². The molecular weight excluding hydrogens is 236 g/mol. The Kier molecular flexibility index (Phi) is 14.1. The average Bonchev–Trinajstić information content (AvgIpc) is 2.39. The Hall–Kier alpha value is -1.15. The highest BCUT2D eigenvalue weighted by Gasteiger charge is 2.29. The fraction of sp³-hybridized carbons (Fsp3) is 0.588. The Morgan fingerprint density at radius 3 is 2.00 bits per heavy atom. The van der Waals surface area contributed by atoms with E-state index in [0.717, 1.165) is 12.8 Å². The van der Waals surface area contributed by atoms with Crippen molar-refractivity contribution in [3.8, 4) is 0 Å². The molecule has 2 nitrogen and oxygen atoms in total. The fourth-order valence-corrected chi connectivity index (χ4v) is 1.68. The minimum absolute atomic E-state index is 0.141. The van der Waals surface area contributed by atoms with E-state index in [1.165, 1.54) is 26.2 Å². The standard InChI is InChI=1S/C13H24O2.C4H6/c1-4-6-7-8-9-11-13(15,10-5-2)12(3)14;1-3-4-2/h5,15H,2,4,6-11H2,1,3H3;3-4H,1-2H2. The van der Waals surface area contributed by atoms with Crippen LogP contribution in [0.25, 0.3) is 0 Å². The van der Waals surface area contributed by atoms with Crippen molar-refractivity contribution >= 4 is 5.78 Å². The molecule has 0 amide bonds. The summed E-state index contributed by atoms with van der Waals surface area (Å²) in [7, 11) is 0. The second-order valence-corrected chi connectivity index (χ2v) is 4.72. The summed E-state index contributed by atoms with van der Waals surface area (Å²) in [5.41, 5.74) is -1.16. The number of carbonyl (C=O) groups is 1. The maximum absolute atomic E-state index is 11.3. The third kappa shape index (κ3) is 11.7. The van der Waals surface area contributed by atoms with Crippen LogP contribution in [0.15, 0.2) is 38.0 Å². The summed E-state index contributed by atoms with van der Waals surface area (Å²) >= 11 is 0. The van der Waals surface area contributed by atoms with Crippen molar-refractivity contribution in [1.29, 1.82) is 0 Å². The maximum atomic E-state index is 11.3. The first-order valence-corrected chi connectivity index (χ1v) is 7.06. The predicted octanol–water partition coefficient (Wildman–Crippen LogP) is 4.60. The minimum atomic E-state index is -1.16. The number of hydrogen-bond donors (Lipinski definition) is 1. The van der Waals surface area contributed by atoms with E-state index in [1.54, 1.807) is 18.2 Å². The summed E-state index contributed by atoms with van der Waals surface area (Å²) in [5.74, 6) is -0.141. The van der Waals surface area contributed by atoms with Crippen molar-refractivity contribution < 1.29 is 9.90 Å². The molecule has 0 aliphatic rings. The van der Waals surface area contributed by atoms with Gasteiger partial charge in [0.05, 0.1) is 0 Å². The quantitative estimate of drug-likeness (QED) is 0.356. The molecule has 0 spiro atoms. The number of allylic oxidation sites excluding steroid dienone is 2. The molecule has 0 fully saturated rings. The van der Waals surface area contributed by atoms with Crippen molar-refractivity contribution in [3.05, 3.63) is 38.0 Å². The topological polar surface area (TPSA) is 37.3 Å². The molecule has 0 radical (unpaired) electrons. The molecule has 0 aromatic heterocycles. The molecule has 110 valence electrons. The highest BCUT2D eigenvalue weighted by molar-refractivity contribution is 5.84. The van der Waals surface area contributed by atoms with E-state index in [9.17, 15) is 9.90 Å². The van der Waals surface area contributed by atoms with Gasteiger partial charge in [-0.05, 0) is 13.3 Å². The first kappa shape index (κ1) is 20.2. The molecule has 0 aromatic rings. The van der Waals surface area contributed by atoms with Crippen molar-refractivity contribution in [1.82, 2.24) is 0 Å². The van der Waals surface area contributed by atoms with Crippen molar-refractivity contribution in [3.63, 3.8) is 0 Å². The van der Waals surface area contributed by atoms with E-state index in [4.69, 9.17) is 0 Å². The summed E-state index contributed by atoms with van der Waals surface area (Å²) in [6.45, 7) is 13.9. The third-order valence-corrected chi connectivity index (χ3v) is 3.00. The average molecular weight is 266 g/mol. The molecular formula is C17H30O2. The Labute approximate surface area is 118 Å². The molecule has 0 heterocycles. The Bertz CT molecular complexity index is 262. The summed E-state index contributed by atoms with van der Waals surface area (Å²) in [5, 5.41) is 10.0. The van der Waals surface area contributed by atoms with Gasteiger partial charge in [-0.25, -0.2) is 0 Å². The predicted molar refractivity (Wildman–Crippen MR) is 84.2 cm³/mol. The number of hydrogen-bond acceptors (Lipinski definition) is 2. The first-order chi connectivity index (χ1) is 8.98. The van der Waals surface area contributed by atoms with Gasteiger partial charge in [-0.1, -0.05) is 70.4 Å². The normalized spacial score (nSPS) is 12.6. The van der Waals surface area contributed by atoms with Crippen LogP contribution in [-0.4, -0.2) is 16.5 Å². The van der Waals surface area contributed by atoms with Crippen LogP contribution in [0.5, 0.6) is 0 Å². The zero-order valence-electron chi connectivity index (χ0n) is 12.7. The van der Waals surface area contributed by atoms with Gasteiger partial charge in [-0.2, -0.15) is 0 Å². The molecule has 0 aromatic carbocycles. The van der Waals surface area contributed by atoms with Crippen LogP contribution in [0.3, 0.4) is 0 Å². The van der Waals surface area contributed by atoms with E-state index in [-0.39, 0.29) is 5.78 Å². The molecule has 2 heteroatoms. The molecule has 0 aliphatic heterocycles. The highest BCUT2D eigenvalue weighted by Crippen LogP contribution is 2.21. The van der Waals surface area contributed by atoms with Crippen LogP contribution in [0.4, 0.5) is 0 Å². The summed E-state index contributed by atoms with van der Waals surface area (Å²) < 4.78 is 0. The van der Waals surface area contributed by atoms with Gasteiger partial charge in [0, 0.05) is 6.42 Å². The molecule has 0 saturated heterocycles. The summed E-state index contributed by atoms with van der Waals surface area (Å²) in [6, 6.07) is 0. The van der Waals surface area contributed by atoms with Crippen LogP contribution in [0.1, 0.15) is 58.8 Å². The smallest absolute Gasteiger partial charge is 0.161 e. The van der Waals surface area contributed by atoms with Crippen LogP contribution >= 0.6 is 0 Å². The SMILES string of the molecule is C=CC=C.C=CCC(O)(CCCCCCC)C(C)=O. The van der Waals surface area contributed by atoms with Gasteiger partial charge >= 0.3 is 0 Å². The van der Waals surface area contributed by atoms with Crippen LogP contribution in [0.2, 0.25) is 0 Å². The van der Waals surface area contributed by atoms with E-state index in [1.807, 2.05) is 0 Å². The molecule has 1 atom stereocenters. The zero-order chi connectivity index (χ0) is 15.1. The van der Waals surface area contributed by atoms with Gasteiger partial charge in [-0.15, -0.1) is 6.58 Å². The van der Waals surface area contributed by atoms with Crippen molar-refractivity contribution in [2.75, 3.05) is 0 Å². The lowest BCUT2D eigenvalue weighted by Crippen LogP contribution is -2.36. The van der Waals surface area contributed by atoms with Crippen LogP contribution in [-0.2, 0) is 4.79 Å². The highest BCUT2D eigenvalue weighted by atomic mass is 16.3. The summed E-state index contributed by atoms with van der Waals surface area (Å²) in [4.78, 5) is 11.3. The molecule has 19 heavy (non-hydrogen) atoms. The second-order valence-electron chi connectivity index (χ2n) is 4.72. The molecule has 0 rings (SSSR count). The van der Waals surface area contributed by atoms with Crippen LogP contribution in [0, 0.1) is 0 Å². The zero-order valence-corrected chi connectivity index (χ0v) is 12.7. The second kappa shape index (κ2) is 13.3. The van der Waals surface area contributed by atoms with Crippen molar-refractivity contribution in [2.45, 2.75) is 64.4 Å². The monoisotopic (exact) mass is 266 g/mol.